The second-order valence-corrected chi connectivity index (χ2v) is 8.08. The lowest BCUT2D eigenvalue weighted by Crippen LogP contribution is -2.45. The summed E-state index contributed by atoms with van der Waals surface area (Å²) in [5.74, 6) is -1.88. The number of nitrogens with zero attached hydrogens (tertiary/aromatic N) is 1. The highest BCUT2D eigenvalue weighted by Crippen LogP contribution is 2.29. The van der Waals surface area contributed by atoms with E-state index < -0.39 is 26.6 Å². The summed E-state index contributed by atoms with van der Waals surface area (Å²) in [6.45, 7) is 2.41. The van der Waals surface area contributed by atoms with Crippen LogP contribution in [0, 0.1) is 17.6 Å². The van der Waals surface area contributed by atoms with Gasteiger partial charge in [0.15, 0.2) is 0 Å². The van der Waals surface area contributed by atoms with Crippen molar-refractivity contribution in [2.24, 2.45) is 11.7 Å². The lowest BCUT2D eigenvalue weighted by Gasteiger charge is -2.33. The van der Waals surface area contributed by atoms with Gasteiger partial charge in [-0.25, -0.2) is 17.2 Å². The number of halogens is 3. The molecule has 1 aromatic carbocycles. The number of benzene rings is 1. The molecule has 21 heavy (non-hydrogen) atoms. The first kappa shape index (κ1) is 16.8. The Balaban J connectivity index is 2.36. The predicted molar refractivity (Wildman–Crippen MR) is 79.2 cm³/mol. The SMILES string of the molecule is CC(N)C1CCCN(S(=O)(=O)c2cc(Br)c(F)cc2F)C1. The van der Waals surface area contributed by atoms with Gasteiger partial charge in [-0.05, 0) is 47.7 Å². The molecular weight excluding hydrogens is 366 g/mol. The molecule has 1 aromatic rings. The molecule has 118 valence electrons. The molecule has 0 bridgehead atoms. The van der Waals surface area contributed by atoms with Gasteiger partial charge >= 0.3 is 0 Å². The maximum absolute atomic E-state index is 13.8. The number of piperidine rings is 1. The summed E-state index contributed by atoms with van der Waals surface area (Å²) in [6.07, 6.45) is 1.52. The van der Waals surface area contributed by atoms with Crippen LogP contribution in [0.4, 0.5) is 8.78 Å². The molecule has 0 amide bonds. The van der Waals surface area contributed by atoms with Crippen molar-refractivity contribution in [3.05, 3.63) is 28.2 Å². The highest BCUT2D eigenvalue weighted by Gasteiger charge is 2.33. The van der Waals surface area contributed by atoms with E-state index in [1.807, 2.05) is 6.92 Å². The summed E-state index contributed by atoms with van der Waals surface area (Å²) >= 11 is 2.89. The fourth-order valence-corrected chi connectivity index (χ4v) is 4.56. The van der Waals surface area contributed by atoms with Crippen molar-refractivity contribution in [1.82, 2.24) is 4.31 Å². The van der Waals surface area contributed by atoms with Crippen molar-refractivity contribution in [2.45, 2.75) is 30.7 Å². The van der Waals surface area contributed by atoms with Crippen molar-refractivity contribution in [3.63, 3.8) is 0 Å². The fourth-order valence-electron chi connectivity index (χ4n) is 2.46. The summed E-state index contributed by atoms with van der Waals surface area (Å²) < 4.78 is 53.3. The number of hydrogen-bond donors (Lipinski definition) is 1. The van der Waals surface area contributed by atoms with Crippen LogP contribution in [0.2, 0.25) is 0 Å². The Kier molecular flexibility index (Phi) is 5.02. The first-order valence-corrected chi connectivity index (χ1v) is 8.87. The average molecular weight is 383 g/mol. The van der Waals surface area contributed by atoms with Crippen LogP contribution in [0.1, 0.15) is 19.8 Å². The summed E-state index contributed by atoms with van der Waals surface area (Å²) in [6, 6.07) is 1.41. The average Bonchev–Trinajstić information content (AvgIpc) is 2.42. The monoisotopic (exact) mass is 382 g/mol. The Bertz CT molecular complexity index is 637. The Hall–Kier alpha value is -0.570. The van der Waals surface area contributed by atoms with Crippen molar-refractivity contribution in [3.8, 4) is 0 Å². The molecule has 2 N–H and O–H groups in total. The molecule has 2 atom stereocenters. The van der Waals surface area contributed by atoms with Gasteiger partial charge in [-0.3, -0.25) is 0 Å². The van der Waals surface area contributed by atoms with Gasteiger partial charge in [0.2, 0.25) is 10.0 Å². The first-order chi connectivity index (χ1) is 9.73. The molecule has 1 aliphatic heterocycles. The molecule has 1 fully saturated rings. The standard InChI is InChI=1S/C13H17BrF2N2O2S/c1-8(17)9-3-2-4-18(7-9)21(19,20)13-5-10(14)11(15)6-12(13)16/h5-6,8-9H,2-4,7,17H2,1H3. The zero-order chi connectivity index (χ0) is 15.8. The van der Waals surface area contributed by atoms with Crippen LogP contribution in [0.3, 0.4) is 0 Å². The molecule has 2 rings (SSSR count). The maximum Gasteiger partial charge on any atom is 0.246 e. The third-order valence-electron chi connectivity index (χ3n) is 3.76. The highest BCUT2D eigenvalue weighted by atomic mass is 79.9. The lowest BCUT2D eigenvalue weighted by atomic mass is 9.93. The van der Waals surface area contributed by atoms with E-state index in [0.29, 0.717) is 19.0 Å². The van der Waals surface area contributed by atoms with Crippen molar-refractivity contribution < 1.29 is 17.2 Å². The van der Waals surface area contributed by atoms with Gasteiger partial charge in [0.1, 0.15) is 16.5 Å². The van der Waals surface area contributed by atoms with Gasteiger partial charge in [-0.1, -0.05) is 0 Å². The predicted octanol–water partition coefficient (Wildman–Crippen LogP) is 2.48. The molecule has 0 saturated carbocycles. The molecule has 1 heterocycles. The molecule has 8 heteroatoms. The number of hydrogen-bond acceptors (Lipinski definition) is 3. The second kappa shape index (κ2) is 6.28. The minimum atomic E-state index is -3.99. The van der Waals surface area contributed by atoms with Crippen LogP contribution in [0.5, 0.6) is 0 Å². The summed E-state index contributed by atoms with van der Waals surface area (Å²) in [7, 11) is -3.99. The van der Waals surface area contributed by atoms with E-state index in [9.17, 15) is 17.2 Å². The Morgan fingerprint density at radius 1 is 1.38 bits per heavy atom. The van der Waals surface area contributed by atoms with E-state index in [2.05, 4.69) is 15.9 Å². The van der Waals surface area contributed by atoms with Crippen LogP contribution in [-0.2, 0) is 10.0 Å². The topological polar surface area (TPSA) is 63.4 Å². The molecule has 0 radical (unpaired) electrons. The van der Waals surface area contributed by atoms with E-state index in [4.69, 9.17) is 5.73 Å². The minimum absolute atomic E-state index is 0.0421. The number of nitrogens with two attached hydrogens (primary N) is 1. The largest absolute Gasteiger partial charge is 0.328 e. The van der Waals surface area contributed by atoms with E-state index in [-0.39, 0.29) is 23.0 Å². The zero-order valence-corrected chi connectivity index (χ0v) is 13.9. The second-order valence-electron chi connectivity index (χ2n) is 5.32. The molecule has 0 aromatic heterocycles. The van der Waals surface area contributed by atoms with Gasteiger partial charge in [0.25, 0.3) is 0 Å². The van der Waals surface area contributed by atoms with Gasteiger partial charge < -0.3 is 5.73 Å². The maximum atomic E-state index is 13.8. The van der Waals surface area contributed by atoms with E-state index in [0.717, 1.165) is 12.5 Å². The van der Waals surface area contributed by atoms with Crippen LogP contribution in [-0.4, -0.2) is 31.9 Å². The lowest BCUT2D eigenvalue weighted by molar-refractivity contribution is 0.242. The van der Waals surface area contributed by atoms with Crippen LogP contribution in [0.25, 0.3) is 0 Å². The third kappa shape index (κ3) is 3.44. The summed E-state index contributed by atoms with van der Waals surface area (Å²) in [4.78, 5) is -0.513. The molecule has 0 aliphatic carbocycles. The van der Waals surface area contributed by atoms with Gasteiger partial charge in [-0.15, -0.1) is 0 Å². The summed E-state index contributed by atoms with van der Waals surface area (Å²) in [5.41, 5.74) is 5.83. The Morgan fingerprint density at radius 3 is 2.67 bits per heavy atom. The van der Waals surface area contributed by atoms with Crippen molar-refractivity contribution in [2.75, 3.05) is 13.1 Å². The summed E-state index contributed by atoms with van der Waals surface area (Å²) in [5, 5.41) is 0. The normalized spacial score (nSPS) is 22.2. The van der Waals surface area contributed by atoms with Crippen molar-refractivity contribution in [1.29, 1.82) is 0 Å². The number of rotatable bonds is 3. The first-order valence-electron chi connectivity index (χ1n) is 6.63. The fraction of sp³-hybridized carbons (Fsp3) is 0.538. The minimum Gasteiger partial charge on any atom is -0.328 e. The number of sulfonamides is 1. The Morgan fingerprint density at radius 2 is 2.05 bits per heavy atom. The Labute approximate surface area is 131 Å². The van der Waals surface area contributed by atoms with Crippen LogP contribution >= 0.6 is 15.9 Å². The van der Waals surface area contributed by atoms with Gasteiger partial charge in [0.05, 0.1) is 4.47 Å². The molecule has 2 unspecified atom stereocenters. The molecule has 1 aliphatic rings. The quantitative estimate of drug-likeness (QED) is 0.816. The molecule has 1 saturated heterocycles. The zero-order valence-electron chi connectivity index (χ0n) is 11.5. The van der Waals surface area contributed by atoms with Gasteiger partial charge in [-0.2, -0.15) is 4.31 Å². The van der Waals surface area contributed by atoms with E-state index in [1.165, 1.54) is 4.31 Å². The van der Waals surface area contributed by atoms with E-state index in [1.54, 1.807) is 0 Å². The van der Waals surface area contributed by atoms with Crippen molar-refractivity contribution >= 4 is 26.0 Å². The highest BCUT2D eigenvalue weighted by molar-refractivity contribution is 9.10. The molecule has 4 nitrogen and oxygen atoms in total. The molecular formula is C13H17BrF2N2O2S. The van der Waals surface area contributed by atoms with Crippen LogP contribution < -0.4 is 5.73 Å². The van der Waals surface area contributed by atoms with E-state index >= 15 is 0 Å². The van der Waals surface area contributed by atoms with Crippen LogP contribution in [0.15, 0.2) is 21.5 Å². The smallest absolute Gasteiger partial charge is 0.246 e. The molecule has 0 spiro atoms. The third-order valence-corrected chi connectivity index (χ3v) is 6.24. The van der Waals surface area contributed by atoms with Gasteiger partial charge in [0, 0.05) is 25.2 Å².